The summed E-state index contributed by atoms with van der Waals surface area (Å²) in [5, 5.41) is 6.64. The average molecular weight is 286 g/mol. The van der Waals surface area contributed by atoms with Crippen LogP contribution in [0.15, 0.2) is 4.90 Å². The molecule has 1 aliphatic carbocycles. The van der Waals surface area contributed by atoms with Crippen LogP contribution in [0.3, 0.4) is 0 Å². The van der Waals surface area contributed by atoms with Gasteiger partial charge < -0.3 is 5.73 Å². The molecule has 4 N–H and O–H groups in total. The third kappa shape index (κ3) is 3.34. The van der Waals surface area contributed by atoms with Crippen LogP contribution in [0.5, 0.6) is 0 Å². The van der Waals surface area contributed by atoms with Crippen LogP contribution < -0.4 is 10.5 Å². The first-order valence-corrected chi connectivity index (χ1v) is 8.29. The van der Waals surface area contributed by atoms with Crippen molar-refractivity contribution in [1.29, 1.82) is 0 Å². The molecule has 0 saturated heterocycles. The zero-order chi connectivity index (χ0) is 13.9. The molecule has 2 rings (SSSR count). The summed E-state index contributed by atoms with van der Waals surface area (Å²) in [6, 6.07) is 0.0347. The molecule has 1 aromatic rings. The van der Waals surface area contributed by atoms with Crippen LogP contribution in [0.1, 0.15) is 49.9 Å². The van der Waals surface area contributed by atoms with Gasteiger partial charge in [0, 0.05) is 12.6 Å². The van der Waals surface area contributed by atoms with Gasteiger partial charge in [0.1, 0.15) is 4.90 Å². The lowest BCUT2D eigenvalue weighted by Gasteiger charge is -2.16. The van der Waals surface area contributed by atoms with Crippen molar-refractivity contribution in [3.05, 3.63) is 11.4 Å². The third-order valence-corrected chi connectivity index (χ3v) is 5.32. The van der Waals surface area contributed by atoms with E-state index >= 15 is 0 Å². The molecule has 1 aliphatic rings. The van der Waals surface area contributed by atoms with Gasteiger partial charge >= 0.3 is 0 Å². The van der Waals surface area contributed by atoms with E-state index in [2.05, 4.69) is 14.9 Å². The topological polar surface area (TPSA) is 101 Å². The molecule has 0 aliphatic heterocycles. The first-order chi connectivity index (χ1) is 9.04. The van der Waals surface area contributed by atoms with Crippen LogP contribution in [0.2, 0.25) is 0 Å². The molecule has 19 heavy (non-hydrogen) atoms. The maximum absolute atomic E-state index is 12.4. The zero-order valence-corrected chi connectivity index (χ0v) is 12.1. The Morgan fingerprint density at radius 3 is 2.53 bits per heavy atom. The van der Waals surface area contributed by atoms with Crippen molar-refractivity contribution in [2.75, 3.05) is 0 Å². The summed E-state index contributed by atoms with van der Waals surface area (Å²) in [6.45, 7) is 1.82. The van der Waals surface area contributed by atoms with Gasteiger partial charge in [-0.25, -0.2) is 13.1 Å². The monoisotopic (exact) mass is 286 g/mol. The van der Waals surface area contributed by atoms with E-state index in [1.54, 1.807) is 6.92 Å². The van der Waals surface area contributed by atoms with E-state index in [1.165, 1.54) is 12.8 Å². The second kappa shape index (κ2) is 6.02. The van der Waals surface area contributed by atoms with Crippen molar-refractivity contribution in [3.8, 4) is 0 Å². The molecule has 1 heterocycles. The minimum Gasteiger partial charge on any atom is -0.325 e. The quantitative estimate of drug-likeness (QED) is 0.723. The minimum atomic E-state index is -3.53. The highest BCUT2D eigenvalue weighted by atomic mass is 32.2. The van der Waals surface area contributed by atoms with E-state index in [1.807, 2.05) is 0 Å². The lowest BCUT2D eigenvalue weighted by molar-refractivity contribution is 0.509. The average Bonchev–Trinajstić information content (AvgIpc) is 2.57. The van der Waals surface area contributed by atoms with Crippen molar-refractivity contribution >= 4 is 10.0 Å². The van der Waals surface area contributed by atoms with E-state index < -0.39 is 10.0 Å². The number of hydrogen-bond acceptors (Lipinski definition) is 4. The highest BCUT2D eigenvalue weighted by molar-refractivity contribution is 7.89. The van der Waals surface area contributed by atoms with Crippen LogP contribution in [0.4, 0.5) is 0 Å². The number of aryl methyl sites for hydroxylation is 1. The SMILES string of the molecule is Cc1[nH]nc(CN)c1S(=O)(=O)NC1CCCCCC1. The van der Waals surface area contributed by atoms with Crippen LogP contribution in [0.25, 0.3) is 0 Å². The molecular formula is C12H22N4O2S. The number of rotatable bonds is 4. The molecule has 0 bridgehead atoms. The standard InChI is InChI=1S/C12H22N4O2S/c1-9-12(11(8-13)15-14-9)19(17,18)16-10-6-4-2-3-5-7-10/h10,16H,2-8,13H2,1H3,(H,14,15). The number of aromatic nitrogens is 2. The summed E-state index contributed by atoms with van der Waals surface area (Å²) in [5.41, 5.74) is 6.49. The van der Waals surface area contributed by atoms with E-state index in [9.17, 15) is 8.42 Å². The van der Waals surface area contributed by atoms with Crippen LogP contribution >= 0.6 is 0 Å². The van der Waals surface area contributed by atoms with Crippen LogP contribution in [0, 0.1) is 6.92 Å². The Kier molecular flexibility index (Phi) is 4.59. The lowest BCUT2D eigenvalue weighted by atomic mass is 10.1. The Bertz CT molecular complexity index is 516. The molecule has 0 aromatic carbocycles. The van der Waals surface area contributed by atoms with Crippen LogP contribution in [-0.2, 0) is 16.6 Å². The fourth-order valence-corrected chi connectivity index (χ4v) is 4.32. The van der Waals surface area contributed by atoms with Gasteiger partial charge in [-0.2, -0.15) is 5.10 Å². The van der Waals surface area contributed by atoms with Crippen LogP contribution in [-0.4, -0.2) is 24.7 Å². The Labute approximate surface area is 114 Å². The molecule has 6 nitrogen and oxygen atoms in total. The number of nitrogens with zero attached hydrogens (tertiary/aromatic N) is 1. The Morgan fingerprint density at radius 2 is 1.95 bits per heavy atom. The first-order valence-electron chi connectivity index (χ1n) is 6.81. The van der Waals surface area contributed by atoms with Crippen molar-refractivity contribution in [2.24, 2.45) is 5.73 Å². The summed E-state index contributed by atoms with van der Waals surface area (Å²) in [5.74, 6) is 0. The van der Waals surface area contributed by atoms with Gasteiger partial charge in [0.05, 0.1) is 11.4 Å². The molecule has 0 radical (unpaired) electrons. The molecule has 7 heteroatoms. The molecule has 1 fully saturated rings. The number of nitrogens with one attached hydrogen (secondary N) is 2. The van der Waals surface area contributed by atoms with Gasteiger partial charge in [0.2, 0.25) is 10.0 Å². The molecule has 0 atom stereocenters. The van der Waals surface area contributed by atoms with Crippen molar-refractivity contribution in [1.82, 2.24) is 14.9 Å². The normalized spacial score (nSPS) is 18.4. The highest BCUT2D eigenvalue weighted by Gasteiger charge is 2.26. The maximum Gasteiger partial charge on any atom is 0.244 e. The Morgan fingerprint density at radius 1 is 1.32 bits per heavy atom. The van der Waals surface area contributed by atoms with E-state index in [-0.39, 0.29) is 17.5 Å². The summed E-state index contributed by atoms with van der Waals surface area (Å²) < 4.78 is 27.7. The van der Waals surface area contributed by atoms with E-state index in [0.717, 1.165) is 25.7 Å². The maximum atomic E-state index is 12.4. The second-order valence-corrected chi connectivity index (χ2v) is 6.79. The smallest absolute Gasteiger partial charge is 0.244 e. The number of hydrogen-bond donors (Lipinski definition) is 3. The Balaban J connectivity index is 2.19. The molecule has 1 saturated carbocycles. The largest absolute Gasteiger partial charge is 0.325 e. The molecule has 0 amide bonds. The van der Waals surface area contributed by atoms with E-state index in [4.69, 9.17) is 5.73 Å². The molecule has 1 aromatic heterocycles. The number of nitrogens with two attached hydrogens (primary N) is 1. The van der Waals surface area contributed by atoms with Gasteiger partial charge in [0.25, 0.3) is 0 Å². The minimum absolute atomic E-state index is 0.0347. The summed E-state index contributed by atoms with van der Waals surface area (Å²) in [7, 11) is -3.53. The van der Waals surface area contributed by atoms with Gasteiger partial charge in [-0.3, -0.25) is 5.10 Å². The molecule has 0 unspecified atom stereocenters. The van der Waals surface area contributed by atoms with Crippen molar-refractivity contribution in [3.63, 3.8) is 0 Å². The van der Waals surface area contributed by atoms with E-state index in [0.29, 0.717) is 11.4 Å². The predicted octanol–water partition coefficient (Wildman–Crippen LogP) is 1.18. The predicted molar refractivity (Wildman–Crippen MR) is 73.0 cm³/mol. The van der Waals surface area contributed by atoms with Gasteiger partial charge in [-0.15, -0.1) is 0 Å². The summed E-state index contributed by atoms with van der Waals surface area (Å²) >= 11 is 0. The van der Waals surface area contributed by atoms with Gasteiger partial charge in [-0.1, -0.05) is 25.7 Å². The first kappa shape index (κ1) is 14.5. The third-order valence-electron chi connectivity index (χ3n) is 3.60. The number of aromatic amines is 1. The van der Waals surface area contributed by atoms with Gasteiger partial charge in [-0.05, 0) is 19.8 Å². The van der Waals surface area contributed by atoms with Crippen molar-refractivity contribution in [2.45, 2.75) is 62.9 Å². The zero-order valence-electron chi connectivity index (χ0n) is 11.3. The second-order valence-electron chi connectivity index (χ2n) is 5.14. The number of H-pyrrole nitrogens is 1. The Hall–Kier alpha value is -0.920. The molecular weight excluding hydrogens is 264 g/mol. The molecule has 0 spiro atoms. The summed E-state index contributed by atoms with van der Waals surface area (Å²) in [6.07, 6.45) is 6.37. The van der Waals surface area contributed by atoms with Gasteiger partial charge in [0.15, 0.2) is 0 Å². The number of sulfonamides is 1. The summed E-state index contributed by atoms with van der Waals surface area (Å²) in [4.78, 5) is 0.222. The fraction of sp³-hybridized carbons (Fsp3) is 0.750. The lowest BCUT2D eigenvalue weighted by Crippen LogP contribution is -2.35. The molecule has 108 valence electrons. The highest BCUT2D eigenvalue weighted by Crippen LogP contribution is 2.22. The fourth-order valence-electron chi connectivity index (χ4n) is 2.64. The van der Waals surface area contributed by atoms with Crippen molar-refractivity contribution < 1.29 is 8.42 Å².